The van der Waals surface area contributed by atoms with E-state index in [1.807, 2.05) is 0 Å². The second-order valence-electron chi connectivity index (χ2n) is 6.63. The zero-order chi connectivity index (χ0) is 23.4. The third kappa shape index (κ3) is 6.29. The lowest BCUT2D eigenvalue weighted by atomic mass is 9.91. The highest BCUT2D eigenvalue weighted by atomic mass is 19.4. The number of halogens is 6. The first-order valence-electron chi connectivity index (χ1n) is 8.98. The Morgan fingerprint density at radius 2 is 1.77 bits per heavy atom. The van der Waals surface area contributed by atoms with Gasteiger partial charge in [-0.15, -0.1) is 0 Å². The van der Waals surface area contributed by atoms with Gasteiger partial charge in [-0.05, 0) is 24.0 Å². The van der Waals surface area contributed by atoms with Crippen molar-refractivity contribution >= 4 is 17.3 Å². The summed E-state index contributed by atoms with van der Waals surface area (Å²) in [4.78, 5) is 17.4. The Kier molecular flexibility index (Phi) is 7.47. The molecule has 0 saturated carbocycles. The molecular weight excluding hydrogens is 432 g/mol. The van der Waals surface area contributed by atoms with Crippen molar-refractivity contribution in [2.24, 2.45) is 0 Å². The van der Waals surface area contributed by atoms with Crippen LogP contribution in [0.15, 0.2) is 30.6 Å². The van der Waals surface area contributed by atoms with Crippen molar-refractivity contribution < 1.29 is 41.0 Å². The highest BCUT2D eigenvalue weighted by molar-refractivity contribution is 5.69. The van der Waals surface area contributed by atoms with Crippen LogP contribution in [0.5, 0.6) is 0 Å². The number of ether oxygens (including phenoxy) is 1. The number of alkyl halides is 6. The van der Waals surface area contributed by atoms with E-state index in [4.69, 9.17) is 5.11 Å². The molecule has 2 atom stereocenters. The molecule has 0 radical (unpaired) electrons. The monoisotopic (exact) mass is 451 g/mol. The SMILES string of the molecule is CCC(CC(=O)O)c1ccc(C(OC)C(F)(F)F)c(Nc2cnc(C(F)(F)F)nc2)c1. The molecule has 2 aromatic rings. The Balaban J connectivity index is 2.51. The van der Waals surface area contributed by atoms with Gasteiger partial charge in [-0.3, -0.25) is 4.79 Å². The van der Waals surface area contributed by atoms with E-state index in [2.05, 4.69) is 20.0 Å². The maximum atomic E-state index is 13.4. The van der Waals surface area contributed by atoms with Crippen LogP contribution in [-0.2, 0) is 15.7 Å². The summed E-state index contributed by atoms with van der Waals surface area (Å²) in [6.45, 7) is 1.73. The number of anilines is 2. The van der Waals surface area contributed by atoms with Crippen molar-refractivity contribution in [2.75, 3.05) is 12.4 Å². The molecule has 2 unspecified atom stereocenters. The molecule has 1 aromatic carbocycles. The molecule has 0 aliphatic heterocycles. The van der Waals surface area contributed by atoms with Crippen LogP contribution in [-0.4, -0.2) is 34.3 Å². The highest BCUT2D eigenvalue weighted by Crippen LogP contribution is 2.41. The zero-order valence-corrected chi connectivity index (χ0v) is 16.4. The molecule has 0 aliphatic rings. The number of aromatic nitrogens is 2. The van der Waals surface area contributed by atoms with E-state index in [9.17, 15) is 31.1 Å². The van der Waals surface area contributed by atoms with Crippen LogP contribution in [0.3, 0.4) is 0 Å². The number of hydrogen-bond acceptors (Lipinski definition) is 5. The lowest BCUT2D eigenvalue weighted by molar-refractivity contribution is -0.215. The molecule has 170 valence electrons. The molecule has 0 bridgehead atoms. The quantitative estimate of drug-likeness (QED) is 0.519. The van der Waals surface area contributed by atoms with Crippen LogP contribution >= 0.6 is 0 Å². The van der Waals surface area contributed by atoms with E-state index in [1.165, 1.54) is 12.1 Å². The van der Waals surface area contributed by atoms with Gasteiger partial charge in [0, 0.05) is 18.4 Å². The number of carboxylic acids is 1. The van der Waals surface area contributed by atoms with Crippen molar-refractivity contribution in [3.05, 3.63) is 47.5 Å². The largest absolute Gasteiger partial charge is 0.481 e. The first kappa shape index (κ1) is 24.4. The summed E-state index contributed by atoms with van der Waals surface area (Å²) in [6.07, 6.45) is -10.1. The van der Waals surface area contributed by atoms with Crippen LogP contribution in [0.2, 0.25) is 0 Å². The van der Waals surface area contributed by atoms with Gasteiger partial charge in [-0.2, -0.15) is 26.3 Å². The van der Waals surface area contributed by atoms with Crippen molar-refractivity contribution in [2.45, 2.75) is 44.1 Å². The highest BCUT2D eigenvalue weighted by Gasteiger charge is 2.42. The summed E-state index contributed by atoms with van der Waals surface area (Å²) in [5, 5.41) is 11.7. The average molecular weight is 451 g/mol. The minimum atomic E-state index is -4.77. The molecular formula is C19H19F6N3O3. The summed E-state index contributed by atoms with van der Waals surface area (Å²) < 4.78 is 82.8. The number of aliphatic carboxylic acids is 1. The molecule has 31 heavy (non-hydrogen) atoms. The van der Waals surface area contributed by atoms with E-state index < -0.39 is 36.2 Å². The van der Waals surface area contributed by atoms with Crippen LogP contribution in [0.25, 0.3) is 0 Å². The number of rotatable bonds is 8. The van der Waals surface area contributed by atoms with Gasteiger partial charge in [0.2, 0.25) is 5.82 Å². The first-order chi connectivity index (χ1) is 14.4. The molecule has 2 rings (SSSR count). The topological polar surface area (TPSA) is 84.3 Å². The lowest BCUT2D eigenvalue weighted by Crippen LogP contribution is -2.23. The van der Waals surface area contributed by atoms with Crippen LogP contribution in [0.1, 0.15) is 48.7 Å². The summed E-state index contributed by atoms with van der Waals surface area (Å²) in [6, 6.07) is 3.84. The second kappa shape index (κ2) is 9.50. The van der Waals surface area contributed by atoms with Gasteiger partial charge in [0.15, 0.2) is 6.10 Å². The predicted molar refractivity (Wildman–Crippen MR) is 97.8 cm³/mol. The maximum absolute atomic E-state index is 13.4. The molecule has 12 heteroatoms. The van der Waals surface area contributed by atoms with E-state index in [-0.39, 0.29) is 23.4 Å². The summed E-state index contributed by atoms with van der Waals surface area (Å²) in [5.74, 6) is -2.96. The number of nitrogens with zero attached hydrogens (tertiary/aromatic N) is 2. The molecule has 0 spiro atoms. The minimum Gasteiger partial charge on any atom is -0.481 e. The summed E-state index contributed by atoms with van der Waals surface area (Å²) in [7, 11) is 0.871. The Labute approximate surface area is 173 Å². The van der Waals surface area contributed by atoms with Gasteiger partial charge in [0.1, 0.15) is 0 Å². The third-order valence-corrected chi connectivity index (χ3v) is 4.46. The smallest absolute Gasteiger partial charge is 0.451 e. The summed E-state index contributed by atoms with van der Waals surface area (Å²) >= 11 is 0. The number of nitrogens with one attached hydrogen (secondary N) is 1. The van der Waals surface area contributed by atoms with Crippen molar-refractivity contribution in [3.63, 3.8) is 0 Å². The zero-order valence-electron chi connectivity index (χ0n) is 16.4. The van der Waals surface area contributed by atoms with E-state index in [0.717, 1.165) is 25.6 Å². The predicted octanol–water partition coefficient (Wildman–Crippen LogP) is 5.46. The lowest BCUT2D eigenvalue weighted by Gasteiger charge is -2.24. The third-order valence-electron chi connectivity index (χ3n) is 4.46. The van der Waals surface area contributed by atoms with Gasteiger partial charge >= 0.3 is 18.3 Å². The minimum absolute atomic E-state index is 0.0882. The van der Waals surface area contributed by atoms with Gasteiger partial charge in [-0.1, -0.05) is 19.1 Å². The molecule has 0 amide bonds. The van der Waals surface area contributed by atoms with E-state index in [1.54, 1.807) is 6.92 Å². The molecule has 1 aromatic heterocycles. The number of carbonyl (C=O) groups is 1. The molecule has 0 aliphatic carbocycles. The Bertz CT molecular complexity index is 900. The van der Waals surface area contributed by atoms with E-state index >= 15 is 0 Å². The van der Waals surface area contributed by atoms with Crippen molar-refractivity contribution in [1.82, 2.24) is 9.97 Å². The Morgan fingerprint density at radius 1 is 1.16 bits per heavy atom. The van der Waals surface area contributed by atoms with Gasteiger partial charge in [0.05, 0.1) is 24.5 Å². The van der Waals surface area contributed by atoms with Gasteiger partial charge in [-0.25, -0.2) is 9.97 Å². The number of methoxy groups -OCH3 is 1. The van der Waals surface area contributed by atoms with E-state index in [0.29, 0.717) is 12.0 Å². The molecule has 0 saturated heterocycles. The Morgan fingerprint density at radius 3 is 2.23 bits per heavy atom. The Hall–Kier alpha value is -2.89. The molecule has 0 fully saturated rings. The standard InChI is InChI=1S/C19H19F6N3O3/c1-3-10(7-15(29)30)11-4-5-13(16(31-2)18(20,21)22)14(6-11)28-12-8-26-17(27-9-12)19(23,24)25/h4-6,8-10,16,28H,3,7H2,1-2H3,(H,29,30). The normalized spacial score (nSPS) is 14.2. The average Bonchev–Trinajstić information content (AvgIpc) is 2.66. The maximum Gasteiger partial charge on any atom is 0.451 e. The number of benzene rings is 1. The molecule has 2 N–H and O–H groups in total. The molecule has 1 heterocycles. The number of hydrogen-bond donors (Lipinski definition) is 2. The second-order valence-corrected chi connectivity index (χ2v) is 6.63. The van der Waals surface area contributed by atoms with Crippen molar-refractivity contribution in [3.8, 4) is 0 Å². The fourth-order valence-electron chi connectivity index (χ4n) is 3.00. The fourth-order valence-corrected chi connectivity index (χ4v) is 3.00. The van der Waals surface area contributed by atoms with Crippen LogP contribution in [0, 0.1) is 0 Å². The van der Waals surface area contributed by atoms with Crippen LogP contribution in [0.4, 0.5) is 37.7 Å². The number of carboxylic acid groups (broad SMARTS) is 1. The first-order valence-corrected chi connectivity index (χ1v) is 8.98. The van der Waals surface area contributed by atoms with Gasteiger partial charge < -0.3 is 15.2 Å². The fraction of sp³-hybridized carbons (Fsp3) is 0.421. The molecule has 6 nitrogen and oxygen atoms in total. The van der Waals surface area contributed by atoms with Crippen LogP contribution < -0.4 is 5.32 Å². The van der Waals surface area contributed by atoms with Crippen molar-refractivity contribution in [1.29, 1.82) is 0 Å². The van der Waals surface area contributed by atoms with Gasteiger partial charge in [0.25, 0.3) is 0 Å². The summed E-state index contributed by atoms with van der Waals surface area (Å²) in [5.41, 5.74) is -0.0894.